The number of carboxylic acids is 1. The van der Waals surface area contributed by atoms with E-state index in [0.29, 0.717) is 19.6 Å². The van der Waals surface area contributed by atoms with Crippen LogP contribution in [0.4, 0.5) is 0 Å². The van der Waals surface area contributed by atoms with Gasteiger partial charge in [0.1, 0.15) is 5.75 Å². The third kappa shape index (κ3) is 6.38. The molecule has 0 radical (unpaired) electrons. The maximum atomic E-state index is 12.4. The van der Waals surface area contributed by atoms with Gasteiger partial charge in [-0.3, -0.25) is 14.5 Å². The maximum Gasteiger partial charge on any atom is 0.317 e. The summed E-state index contributed by atoms with van der Waals surface area (Å²) >= 11 is 0. The van der Waals surface area contributed by atoms with Gasteiger partial charge < -0.3 is 14.7 Å². The summed E-state index contributed by atoms with van der Waals surface area (Å²) in [6.07, 6.45) is 3.00. The molecule has 6 heteroatoms. The van der Waals surface area contributed by atoms with E-state index in [-0.39, 0.29) is 18.5 Å². The van der Waals surface area contributed by atoms with Gasteiger partial charge in [0.05, 0.1) is 19.6 Å². The molecule has 1 amide bonds. The number of carboxylic acid groups (broad SMARTS) is 1. The molecule has 1 aliphatic heterocycles. The van der Waals surface area contributed by atoms with Crippen molar-refractivity contribution < 1.29 is 19.4 Å². The molecule has 1 N–H and O–H groups in total. The van der Waals surface area contributed by atoms with Crippen molar-refractivity contribution in [1.29, 1.82) is 0 Å². The van der Waals surface area contributed by atoms with Gasteiger partial charge >= 0.3 is 5.97 Å². The Kier molecular flexibility index (Phi) is 7.25. The van der Waals surface area contributed by atoms with E-state index >= 15 is 0 Å². The molecule has 0 spiro atoms. The number of likely N-dealkylation sites (tertiary alicyclic amines) is 1. The van der Waals surface area contributed by atoms with Crippen molar-refractivity contribution in [3.05, 3.63) is 29.8 Å². The number of hydrogen-bond acceptors (Lipinski definition) is 4. The quantitative estimate of drug-likeness (QED) is 0.818. The lowest BCUT2D eigenvalue weighted by atomic mass is 10.1. The Morgan fingerprint density at radius 2 is 2.12 bits per heavy atom. The summed E-state index contributed by atoms with van der Waals surface area (Å²) in [5.74, 6) is 0.0844. The van der Waals surface area contributed by atoms with Crippen LogP contribution in [0.2, 0.25) is 0 Å². The van der Waals surface area contributed by atoms with Gasteiger partial charge in [0.25, 0.3) is 0 Å². The number of aliphatic carboxylic acids is 1. The number of rotatable bonds is 7. The number of amides is 1. The van der Waals surface area contributed by atoms with E-state index < -0.39 is 5.97 Å². The second kappa shape index (κ2) is 9.42. The lowest BCUT2D eigenvalue weighted by molar-refractivity contribution is -0.138. The highest BCUT2D eigenvalue weighted by Crippen LogP contribution is 2.17. The van der Waals surface area contributed by atoms with Crippen LogP contribution in [0, 0.1) is 6.92 Å². The number of aryl methyl sites for hydroxylation is 1. The molecule has 0 saturated carbocycles. The zero-order chi connectivity index (χ0) is 18.2. The number of benzene rings is 1. The Labute approximate surface area is 149 Å². The molecule has 25 heavy (non-hydrogen) atoms. The van der Waals surface area contributed by atoms with Crippen molar-refractivity contribution in [2.24, 2.45) is 0 Å². The third-order valence-corrected chi connectivity index (χ3v) is 4.63. The van der Waals surface area contributed by atoms with Crippen LogP contribution in [0.5, 0.6) is 5.75 Å². The molecule has 1 unspecified atom stereocenters. The highest BCUT2D eigenvalue weighted by atomic mass is 16.5. The van der Waals surface area contributed by atoms with Crippen LogP contribution >= 0.6 is 0 Å². The highest BCUT2D eigenvalue weighted by molar-refractivity contribution is 5.76. The van der Waals surface area contributed by atoms with Gasteiger partial charge in [0.15, 0.2) is 0 Å². The molecule has 1 heterocycles. The average molecular weight is 348 g/mol. The number of ether oxygens (including phenoxy) is 1. The summed E-state index contributed by atoms with van der Waals surface area (Å²) in [7, 11) is 1.84. The van der Waals surface area contributed by atoms with Crippen LogP contribution < -0.4 is 4.74 Å². The lowest BCUT2D eigenvalue weighted by Gasteiger charge is -2.25. The number of hydrogen-bond donors (Lipinski definition) is 1. The highest BCUT2D eigenvalue weighted by Gasteiger charge is 2.23. The normalized spacial score (nSPS) is 18.0. The molecule has 138 valence electrons. The third-order valence-electron chi connectivity index (χ3n) is 4.63. The Morgan fingerprint density at radius 1 is 1.32 bits per heavy atom. The van der Waals surface area contributed by atoms with Crippen molar-refractivity contribution in [3.63, 3.8) is 0 Å². The predicted octanol–water partition coefficient (Wildman–Crippen LogP) is 2.16. The first-order valence-corrected chi connectivity index (χ1v) is 8.85. The summed E-state index contributed by atoms with van der Waals surface area (Å²) in [6.45, 7) is 3.84. The summed E-state index contributed by atoms with van der Waals surface area (Å²) in [6, 6.07) is 8.02. The largest absolute Gasteiger partial charge is 0.493 e. The fourth-order valence-electron chi connectivity index (χ4n) is 3.23. The van der Waals surface area contributed by atoms with Gasteiger partial charge in [-0.1, -0.05) is 12.1 Å². The van der Waals surface area contributed by atoms with Crippen LogP contribution in [-0.2, 0) is 9.59 Å². The van der Waals surface area contributed by atoms with E-state index in [0.717, 1.165) is 37.1 Å². The van der Waals surface area contributed by atoms with E-state index in [1.165, 1.54) is 0 Å². The molecule has 1 atom stereocenters. The van der Waals surface area contributed by atoms with Gasteiger partial charge in [0, 0.05) is 19.1 Å². The minimum absolute atomic E-state index is 0.0446. The SMILES string of the molecule is Cc1cccc(OCCC(=O)N2CCCC(N(C)CC(=O)O)CC2)c1. The molecule has 0 bridgehead atoms. The Hall–Kier alpha value is -2.08. The second-order valence-electron chi connectivity index (χ2n) is 6.69. The number of likely N-dealkylation sites (N-methyl/N-ethyl adjacent to an activating group) is 1. The van der Waals surface area contributed by atoms with Crippen LogP contribution in [0.15, 0.2) is 24.3 Å². The second-order valence-corrected chi connectivity index (χ2v) is 6.69. The standard InChI is InChI=1S/C19H28N2O4/c1-15-5-3-7-17(13-15)25-12-9-18(22)21-10-4-6-16(8-11-21)20(2)14-19(23)24/h3,5,7,13,16H,4,6,8-12,14H2,1-2H3,(H,23,24). The zero-order valence-electron chi connectivity index (χ0n) is 15.1. The molecule has 1 saturated heterocycles. The first-order chi connectivity index (χ1) is 12.0. The maximum absolute atomic E-state index is 12.4. The van der Waals surface area contributed by atoms with E-state index in [2.05, 4.69) is 0 Å². The van der Waals surface area contributed by atoms with Gasteiger partial charge in [-0.2, -0.15) is 0 Å². The number of carbonyl (C=O) groups is 2. The first kappa shape index (κ1) is 19.2. The van der Waals surface area contributed by atoms with Gasteiger partial charge in [-0.05, 0) is 50.9 Å². The van der Waals surface area contributed by atoms with Crippen LogP contribution in [0.1, 0.15) is 31.2 Å². The summed E-state index contributed by atoms with van der Waals surface area (Å²) < 4.78 is 5.66. The Balaban J connectivity index is 1.75. The van der Waals surface area contributed by atoms with Gasteiger partial charge in [-0.25, -0.2) is 0 Å². The van der Waals surface area contributed by atoms with Crippen molar-refractivity contribution in [2.75, 3.05) is 33.3 Å². The molecule has 1 aromatic rings. The van der Waals surface area contributed by atoms with Crippen molar-refractivity contribution >= 4 is 11.9 Å². The summed E-state index contributed by atoms with van der Waals surface area (Å²) in [4.78, 5) is 27.0. The first-order valence-electron chi connectivity index (χ1n) is 8.85. The van der Waals surface area contributed by atoms with Gasteiger partial charge in [0.2, 0.25) is 5.91 Å². The minimum atomic E-state index is -0.812. The number of nitrogens with zero attached hydrogens (tertiary/aromatic N) is 2. The van der Waals surface area contributed by atoms with Crippen molar-refractivity contribution in [2.45, 2.75) is 38.6 Å². The molecular weight excluding hydrogens is 320 g/mol. The molecule has 0 aromatic heterocycles. The summed E-state index contributed by atoms with van der Waals surface area (Å²) in [5, 5.41) is 8.91. The molecular formula is C19H28N2O4. The van der Waals surface area contributed by atoms with E-state index in [9.17, 15) is 9.59 Å². The van der Waals surface area contributed by atoms with Crippen LogP contribution in [0.3, 0.4) is 0 Å². The monoisotopic (exact) mass is 348 g/mol. The van der Waals surface area contributed by atoms with Crippen LogP contribution in [-0.4, -0.2) is 66.1 Å². The molecule has 1 aliphatic rings. The Morgan fingerprint density at radius 3 is 2.84 bits per heavy atom. The fourth-order valence-corrected chi connectivity index (χ4v) is 3.23. The van der Waals surface area contributed by atoms with Gasteiger partial charge in [-0.15, -0.1) is 0 Å². The number of carbonyl (C=O) groups excluding carboxylic acids is 1. The summed E-state index contributed by atoms with van der Waals surface area (Å²) in [5.41, 5.74) is 1.13. The van der Waals surface area contributed by atoms with E-state index in [1.807, 2.05) is 48.0 Å². The zero-order valence-corrected chi connectivity index (χ0v) is 15.1. The molecule has 2 rings (SSSR count). The van der Waals surface area contributed by atoms with Crippen molar-refractivity contribution in [1.82, 2.24) is 9.80 Å². The predicted molar refractivity (Wildman–Crippen MR) is 95.8 cm³/mol. The lowest BCUT2D eigenvalue weighted by Crippen LogP contribution is -2.37. The topological polar surface area (TPSA) is 70.1 Å². The Bertz CT molecular complexity index is 591. The smallest absolute Gasteiger partial charge is 0.317 e. The molecule has 6 nitrogen and oxygen atoms in total. The van der Waals surface area contributed by atoms with E-state index in [4.69, 9.17) is 9.84 Å². The molecule has 1 aromatic carbocycles. The average Bonchev–Trinajstić information content (AvgIpc) is 2.80. The van der Waals surface area contributed by atoms with Crippen molar-refractivity contribution in [3.8, 4) is 5.75 Å². The molecule has 0 aliphatic carbocycles. The fraction of sp³-hybridized carbons (Fsp3) is 0.579. The molecule has 1 fully saturated rings. The van der Waals surface area contributed by atoms with Crippen LogP contribution in [0.25, 0.3) is 0 Å². The van der Waals surface area contributed by atoms with E-state index in [1.54, 1.807) is 0 Å². The minimum Gasteiger partial charge on any atom is -0.493 e.